The van der Waals surface area contributed by atoms with Crippen LogP contribution in [0.5, 0.6) is 0 Å². The molecule has 14 heavy (non-hydrogen) atoms. The highest BCUT2D eigenvalue weighted by molar-refractivity contribution is 4.88. The van der Waals surface area contributed by atoms with E-state index in [1.807, 2.05) is 7.05 Å². The second-order valence-electron chi connectivity index (χ2n) is 2.77. The van der Waals surface area contributed by atoms with E-state index in [2.05, 4.69) is 15.1 Å². The molecule has 0 N–H and O–H groups in total. The van der Waals surface area contributed by atoms with E-state index >= 15 is 0 Å². The highest BCUT2D eigenvalue weighted by Gasteiger charge is 2.01. The second-order valence-corrected chi connectivity index (χ2v) is 2.77. The van der Waals surface area contributed by atoms with Gasteiger partial charge in [-0.3, -0.25) is 4.68 Å². The van der Waals surface area contributed by atoms with Crippen LogP contribution in [0.3, 0.4) is 0 Å². The van der Waals surface area contributed by atoms with Crippen LogP contribution >= 0.6 is 0 Å². The Morgan fingerprint density at radius 2 is 2.36 bits per heavy atom. The third-order valence-corrected chi connectivity index (χ3v) is 1.77. The van der Waals surface area contributed by atoms with Crippen LogP contribution < -0.4 is 0 Å². The van der Waals surface area contributed by atoms with Crippen LogP contribution in [0.4, 0.5) is 0 Å². The number of aromatic nitrogens is 4. The summed E-state index contributed by atoms with van der Waals surface area (Å²) in [5.41, 5.74) is 0.771. The third-order valence-electron chi connectivity index (χ3n) is 1.77. The Kier molecular flexibility index (Phi) is 2.55. The minimum atomic E-state index is 0.420. The molecule has 0 atom stereocenters. The Hall–Kier alpha value is -1.69. The molecule has 0 fully saturated rings. The summed E-state index contributed by atoms with van der Waals surface area (Å²) in [4.78, 5) is 7.94. The van der Waals surface area contributed by atoms with Crippen molar-refractivity contribution >= 4 is 0 Å². The SMILES string of the molecule is Cn1ncnc1COCc1cocn1. The fourth-order valence-electron chi connectivity index (χ4n) is 1.01. The van der Waals surface area contributed by atoms with Crippen LogP contribution in [0.15, 0.2) is 23.4 Å². The van der Waals surface area contributed by atoms with Gasteiger partial charge in [-0.05, 0) is 0 Å². The predicted octanol–water partition coefficient (Wildman–Crippen LogP) is 0.520. The fraction of sp³-hybridized carbons (Fsp3) is 0.375. The van der Waals surface area contributed by atoms with E-state index in [0.29, 0.717) is 13.2 Å². The Morgan fingerprint density at radius 3 is 3.00 bits per heavy atom. The standard InChI is InChI=1S/C8H10N4O2/c1-12-8(9-5-11-12)4-13-2-7-3-14-6-10-7/h3,5-6H,2,4H2,1H3. The highest BCUT2D eigenvalue weighted by Crippen LogP contribution is 2.00. The van der Waals surface area contributed by atoms with Crippen molar-refractivity contribution in [3.63, 3.8) is 0 Å². The molecular weight excluding hydrogens is 184 g/mol. The van der Waals surface area contributed by atoms with E-state index in [9.17, 15) is 0 Å². The molecule has 6 nitrogen and oxygen atoms in total. The van der Waals surface area contributed by atoms with Crippen molar-refractivity contribution in [2.24, 2.45) is 7.05 Å². The first-order chi connectivity index (χ1) is 6.86. The number of aryl methyl sites for hydroxylation is 1. The van der Waals surface area contributed by atoms with E-state index in [4.69, 9.17) is 9.15 Å². The summed E-state index contributed by atoms with van der Waals surface area (Å²) in [5, 5.41) is 3.92. The first-order valence-electron chi connectivity index (χ1n) is 4.14. The van der Waals surface area contributed by atoms with Crippen molar-refractivity contribution in [3.05, 3.63) is 30.5 Å². The molecule has 0 bridgehead atoms. The Morgan fingerprint density at radius 1 is 1.43 bits per heavy atom. The van der Waals surface area contributed by atoms with Crippen molar-refractivity contribution in [2.45, 2.75) is 13.2 Å². The average Bonchev–Trinajstić information content (AvgIpc) is 2.78. The first kappa shape index (κ1) is 8.89. The topological polar surface area (TPSA) is 66.0 Å². The maximum atomic E-state index is 5.36. The lowest BCUT2D eigenvalue weighted by molar-refractivity contribution is 0.0968. The predicted molar refractivity (Wildman–Crippen MR) is 46.0 cm³/mol. The lowest BCUT2D eigenvalue weighted by Crippen LogP contribution is -2.02. The van der Waals surface area contributed by atoms with E-state index in [-0.39, 0.29) is 0 Å². The number of rotatable bonds is 4. The van der Waals surface area contributed by atoms with Gasteiger partial charge in [0.25, 0.3) is 0 Å². The molecule has 0 aromatic carbocycles. The smallest absolute Gasteiger partial charge is 0.180 e. The number of hydrogen-bond acceptors (Lipinski definition) is 5. The molecule has 0 aliphatic heterocycles. The summed E-state index contributed by atoms with van der Waals surface area (Å²) < 4.78 is 11.8. The summed E-state index contributed by atoms with van der Waals surface area (Å²) in [5.74, 6) is 0.786. The molecule has 6 heteroatoms. The zero-order chi connectivity index (χ0) is 9.80. The molecule has 0 radical (unpaired) electrons. The summed E-state index contributed by atoms with van der Waals surface area (Å²) in [6, 6.07) is 0. The van der Waals surface area contributed by atoms with Gasteiger partial charge in [-0.1, -0.05) is 0 Å². The van der Waals surface area contributed by atoms with E-state index in [0.717, 1.165) is 11.5 Å². The van der Waals surface area contributed by atoms with Crippen molar-refractivity contribution < 1.29 is 9.15 Å². The molecule has 2 aromatic rings. The molecule has 0 aliphatic rings. The molecular formula is C8H10N4O2. The number of oxazole rings is 1. The maximum Gasteiger partial charge on any atom is 0.180 e. The molecule has 0 saturated heterocycles. The molecule has 74 valence electrons. The summed E-state index contributed by atoms with van der Waals surface area (Å²) in [6.45, 7) is 0.840. The van der Waals surface area contributed by atoms with Crippen molar-refractivity contribution in [2.75, 3.05) is 0 Å². The van der Waals surface area contributed by atoms with Gasteiger partial charge >= 0.3 is 0 Å². The molecule has 0 amide bonds. The van der Waals surface area contributed by atoms with Crippen LogP contribution in [0.1, 0.15) is 11.5 Å². The lowest BCUT2D eigenvalue weighted by Gasteiger charge is -2.00. The van der Waals surface area contributed by atoms with Gasteiger partial charge in [-0.15, -0.1) is 0 Å². The minimum absolute atomic E-state index is 0.420. The van der Waals surface area contributed by atoms with Crippen LogP contribution in [-0.2, 0) is 25.0 Å². The van der Waals surface area contributed by atoms with Gasteiger partial charge in [-0.25, -0.2) is 9.97 Å². The number of hydrogen-bond donors (Lipinski definition) is 0. The number of nitrogens with zero attached hydrogens (tertiary/aromatic N) is 4. The molecule has 0 unspecified atom stereocenters. The Bertz CT molecular complexity index is 382. The summed E-state index contributed by atoms with van der Waals surface area (Å²) in [7, 11) is 1.82. The minimum Gasteiger partial charge on any atom is -0.451 e. The Balaban J connectivity index is 1.81. The Labute approximate surface area is 80.5 Å². The third kappa shape index (κ3) is 1.97. The van der Waals surface area contributed by atoms with E-state index in [1.165, 1.54) is 12.7 Å². The lowest BCUT2D eigenvalue weighted by atomic mass is 10.5. The van der Waals surface area contributed by atoms with Crippen molar-refractivity contribution in [3.8, 4) is 0 Å². The summed E-state index contributed by atoms with van der Waals surface area (Å²) in [6.07, 6.45) is 4.42. The van der Waals surface area contributed by atoms with Gasteiger partial charge in [0.1, 0.15) is 24.9 Å². The monoisotopic (exact) mass is 194 g/mol. The van der Waals surface area contributed by atoms with E-state index < -0.39 is 0 Å². The number of ether oxygens (including phenoxy) is 1. The van der Waals surface area contributed by atoms with Crippen LogP contribution in [0.2, 0.25) is 0 Å². The van der Waals surface area contributed by atoms with Crippen molar-refractivity contribution in [1.82, 2.24) is 19.7 Å². The van der Waals surface area contributed by atoms with Gasteiger partial charge in [0.15, 0.2) is 12.2 Å². The fourth-order valence-corrected chi connectivity index (χ4v) is 1.01. The summed E-state index contributed by atoms with van der Waals surface area (Å²) >= 11 is 0. The van der Waals surface area contributed by atoms with Gasteiger partial charge in [0.2, 0.25) is 0 Å². The van der Waals surface area contributed by atoms with Gasteiger partial charge < -0.3 is 9.15 Å². The largest absolute Gasteiger partial charge is 0.451 e. The average molecular weight is 194 g/mol. The quantitative estimate of drug-likeness (QED) is 0.709. The first-order valence-corrected chi connectivity index (χ1v) is 4.14. The molecule has 2 aromatic heterocycles. The van der Waals surface area contributed by atoms with Gasteiger partial charge in [0, 0.05) is 7.05 Å². The molecule has 0 spiro atoms. The maximum absolute atomic E-state index is 5.36. The zero-order valence-corrected chi connectivity index (χ0v) is 7.75. The normalized spacial score (nSPS) is 10.6. The van der Waals surface area contributed by atoms with Gasteiger partial charge in [-0.2, -0.15) is 5.10 Å². The van der Waals surface area contributed by atoms with Crippen molar-refractivity contribution in [1.29, 1.82) is 0 Å². The highest BCUT2D eigenvalue weighted by atomic mass is 16.5. The molecule has 2 rings (SSSR count). The van der Waals surface area contributed by atoms with Crippen LogP contribution in [-0.4, -0.2) is 19.7 Å². The van der Waals surface area contributed by atoms with Crippen LogP contribution in [0, 0.1) is 0 Å². The van der Waals surface area contributed by atoms with Crippen LogP contribution in [0.25, 0.3) is 0 Å². The molecule has 2 heterocycles. The zero-order valence-electron chi connectivity index (χ0n) is 7.75. The second kappa shape index (κ2) is 4.01. The molecule has 0 saturated carbocycles. The van der Waals surface area contributed by atoms with E-state index in [1.54, 1.807) is 10.9 Å². The molecule has 0 aliphatic carbocycles. The van der Waals surface area contributed by atoms with Gasteiger partial charge in [0.05, 0.1) is 6.61 Å².